The zero-order chi connectivity index (χ0) is 15.7. The SMILES string of the molecule is CCCCCCCCCCO/C=C1\N=C(C)C(C)(C)C1=O. The maximum absolute atomic E-state index is 12.1. The smallest absolute Gasteiger partial charge is 0.195 e. The van der Waals surface area contributed by atoms with Gasteiger partial charge in [-0.25, -0.2) is 0 Å². The van der Waals surface area contributed by atoms with E-state index >= 15 is 0 Å². The van der Waals surface area contributed by atoms with Gasteiger partial charge >= 0.3 is 0 Å². The molecule has 3 nitrogen and oxygen atoms in total. The molecule has 1 aliphatic heterocycles. The summed E-state index contributed by atoms with van der Waals surface area (Å²) in [6, 6.07) is 0. The Kier molecular flexibility index (Phi) is 7.69. The maximum Gasteiger partial charge on any atom is 0.195 e. The molecule has 1 aliphatic rings. The van der Waals surface area contributed by atoms with E-state index in [1.54, 1.807) is 6.26 Å². The number of carbonyl (C=O) groups excluding carboxylic acids is 1. The lowest BCUT2D eigenvalue weighted by Gasteiger charge is -2.14. The second-order valence-electron chi connectivity index (χ2n) is 6.50. The minimum absolute atomic E-state index is 0.0657. The Morgan fingerprint density at radius 1 is 1.05 bits per heavy atom. The lowest BCUT2D eigenvalue weighted by Crippen LogP contribution is -2.26. The van der Waals surface area contributed by atoms with Gasteiger partial charge in [0.25, 0.3) is 0 Å². The van der Waals surface area contributed by atoms with Gasteiger partial charge in [0.05, 0.1) is 12.0 Å². The largest absolute Gasteiger partial charge is 0.499 e. The van der Waals surface area contributed by atoms with Gasteiger partial charge in [-0.3, -0.25) is 9.79 Å². The average molecular weight is 293 g/mol. The Labute approximate surface area is 129 Å². The van der Waals surface area contributed by atoms with Gasteiger partial charge in [-0.05, 0) is 27.2 Å². The highest BCUT2D eigenvalue weighted by Crippen LogP contribution is 2.30. The third-order valence-electron chi connectivity index (χ3n) is 4.30. The van der Waals surface area contributed by atoms with Gasteiger partial charge < -0.3 is 4.74 Å². The number of nitrogens with zero attached hydrogens (tertiary/aromatic N) is 1. The lowest BCUT2D eigenvalue weighted by molar-refractivity contribution is -0.119. The molecule has 0 aliphatic carbocycles. The molecule has 0 unspecified atom stereocenters. The molecule has 1 rings (SSSR count). The van der Waals surface area contributed by atoms with Crippen LogP contribution in [0.3, 0.4) is 0 Å². The summed E-state index contributed by atoms with van der Waals surface area (Å²) < 4.78 is 5.48. The Bertz CT molecular complexity index is 394. The van der Waals surface area contributed by atoms with Crippen molar-refractivity contribution in [3.05, 3.63) is 12.0 Å². The fourth-order valence-corrected chi connectivity index (χ4v) is 2.39. The van der Waals surface area contributed by atoms with Gasteiger partial charge in [-0.15, -0.1) is 0 Å². The van der Waals surface area contributed by atoms with Crippen LogP contribution in [0.15, 0.2) is 17.0 Å². The molecule has 0 aromatic carbocycles. The van der Waals surface area contributed by atoms with E-state index in [0.717, 1.165) is 12.1 Å². The van der Waals surface area contributed by atoms with Gasteiger partial charge in [0.2, 0.25) is 0 Å². The molecule has 0 radical (unpaired) electrons. The third-order valence-corrected chi connectivity index (χ3v) is 4.30. The summed E-state index contributed by atoms with van der Waals surface area (Å²) in [5.41, 5.74) is 0.875. The predicted molar refractivity (Wildman–Crippen MR) is 88.5 cm³/mol. The monoisotopic (exact) mass is 293 g/mol. The van der Waals surface area contributed by atoms with E-state index in [4.69, 9.17) is 4.74 Å². The molecular weight excluding hydrogens is 262 g/mol. The Morgan fingerprint density at radius 2 is 1.62 bits per heavy atom. The highest BCUT2D eigenvalue weighted by molar-refractivity contribution is 6.20. The zero-order valence-corrected chi connectivity index (χ0v) is 14.2. The Hall–Kier alpha value is -1.12. The molecule has 0 saturated heterocycles. The number of carbonyl (C=O) groups is 1. The summed E-state index contributed by atoms with van der Waals surface area (Å²) in [5.74, 6) is 0.0657. The molecule has 0 bridgehead atoms. The Balaban J connectivity index is 2.10. The van der Waals surface area contributed by atoms with Crippen molar-refractivity contribution in [1.82, 2.24) is 0 Å². The molecule has 1 heterocycles. The van der Waals surface area contributed by atoms with Crippen LogP contribution in [-0.4, -0.2) is 18.1 Å². The number of aliphatic imine (C=N–C) groups is 1. The molecule has 0 amide bonds. The second-order valence-corrected chi connectivity index (χ2v) is 6.50. The van der Waals surface area contributed by atoms with Gasteiger partial charge in [0.15, 0.2) is 5.78 Å². The average Bonchev–Trinajstić information content (AvgIpc) is 2.64. The summed E-state index contributed by atoms with van der Waals surface area (Å²) in [7, 11) is 0. The fourth-order valence-electron chi connectivity index (χ4n) is 2.39. The van der Waals surface area contributed by atoms with E-state index in [2.05, 4.69) is 11.9 Å². The number of allylic oxidation sites excluding steroid dienone is 1. The van der Waals surface area contributed by atoms with Crippen LogP contribution < -0.4 is 0 Å². The first kappa shape index (κ1) is 17.9. The van der Waals surface area contributed by atoms with Crippen LogP contribution in [-0.2, 0) is 9.53 Å². The summed E-state index contributed by atoms with van der Waals surface area (Å²) >= 11 is 0. The molecule has 0 fully saturated rings. The first-order valence-electron chi connectivity index (χ1n) is 8.42. The molecule has 21 heavy (non-hydrogen) atoms. The maximum atomic E-state index is 12.1. The first-order chi connectivity index (χ1) is 10.00. The van der Waals surface area contributed by atoms with Crippen LogP contribution in [0.1, 0.15) is 79.1 Å². The van der Waals surface area contributed by atoms with E-state index in [9.17, 15) is 4.79 Å². The van der Waals surface area contributed by atoms with Crippen molar-refractivity contribution < 1.29 is 9.53 Å². The molecule has 0 aromatic rings. The van der Waals surface area contributed by atoms with Crippen LogP contribution in [0, 0.1) is 5.41 Å². The molecule has 0 N–H and O–H groups in total. The van der Waals surface area contributed by atoms with Crippen molar-refractivity contribution in [2.45, 2.75) is 79.1 Å². The van der Waals surface area contributed by atoms with Crippen LogP contribution in [0.4, 0.5) is 0 Å². The van der Waals surface area contributed by atoms with Crippen LogP contribution in [0.2, 0.25) is 0 Å². The van der Waals surface area contributed by atoms with E-state index in [-0.39, 0.29) is 5.78 Å². The van der Waals surface area contributed by atoms with E-state index in [1.807, 2.05) is 20.8 Å². The standard InChI is InChI=1S/C18H31NO2/c1-5-6-7-8-9-10-11-12-13-21-14-16-17(20)18(3,4)15(2)19-16/h14H,5-13H2,1-4H3/b16-14-. The van der Waals surface area contributed by atoms with Crippen LogP contribution in [0.25, 0.3) is 0 Å². The normalized spacial score (nSPS) is 19.1. The molecule has 3 heteroatoms. The fraction of sp³-hybridized carbons (Fsp3) is 0.778. The van der Waals surface area contributed by atoms with Crippen molar-refractivity contribution in [3.63, 3.8) is 0 Å². The first-order valence-corrected chi connectivity index (χ1v) is 8.42. The predicted octanol–water partition coefficient (Wildman–Crippen LogP) is 5.05. The summed E-state index contributed by atoms with van der Waals surface area (Å²) in [4.78, 5) is 16.4. The highest BCUT2D eigenvalue weighted by Gasteiger charge is 2.38. The minimum atomic E-state index is -0.465. The number of hydrogen-bond donors (Lipinski definition) is 0. The minimum Gasteiger partial charge on any atom is -0.499 e. The molecular formula is C18H31NO2. The van der Waals surface area contributed by atoms with E-state index in [0.29, 0.717) is 12.3 Å². The summed E-state index contributed by atoms with van der Waals surface area (Å²) in [5, 5.41) is 0. The molecule has 0 spiro atoms. The van der Waals surface area contributed by atoms with E-state index in [1.165, 1.54) is 44.9 Å². The molecule has 0 atom stereocenters. The summed E-state index contributed by atoms with van der Waals surface area (Å²) in [6.45, 7) is 8.65. The molecule has 0 saturated carbocycles. The Morgan fingerprint density at radius 3 is 2.14 bits per heavy atom. The number of hydrogen-bond acceptors (Lipinski definition) is 3. The highest BCUT2D eigenvalue weighted by atomic mass is 16.5. The zero-order valence-electron chi connectivity index (χ0n) is 14.2. The number of Topliss-reactive ketones (excluding diaryl/α,β-unsaturated/α-hetero) is 1. The number of unbranched alkanes of at least 4 members (excludes halogenated alkanes) is 7. The van der Waals surface area contributed by atoms with Gasteiger partial charge in [-0.2, -0.15) is 0 Å². The summed E-state index contributed by atoms with van der Waals surface area (Å²) in [6.07, 6.45) is 11.8. The number of ketones is 1. The molecule has 0 aromatic heterocycles. The van der Waals surface area contributed by atoms with E-state index < -0.39 is 5.41 Å². The topological polar surface area (TPSA) is 38.7 Å². The number of ether oxygens (including phenoxy) is 1. The van der Waals surface area contributed by atoms with Crippen molar-refractivity contribution in [2.24, 2.45) is 10.4 Å². The van der Waals surface area contributed by atoms with Crippen LogP contribution >= 0.6 is 0 Å². The van der Waals surface area contributed by atoms with Crippen LogP contribution in [0.5, 0.6) is 0 Å². The molecule has 120 valence electrons. The van der Waals surface area contributed by atoms with Gasteiger partial charge in [0.1, 0.15) is 12.0 Å². The number of rotatable bonds is 10. The quantitative estimate of drug-likeness (QED) is 0.321. The van der Waals surface area contributed by atoms with Crippen molar-refractivity contribution >= 4 is 11.5 Å². The third kappa shape index (κ3) is 5.64. The lowest BCUT2D eigenvalue weighted by atomic mass is 9.85. The van der Waals surface area contributed by atoms with Gasteiger partial charge in [-0.1, -0.05) is 51.9 Å². The van der Waals surface area contributed by atoms with Gasteiger partial charge in [0, 0.05) is 5.71 Å². The van der Waals surface area contributed by atoms with Crippen molar-refractivity contribution in [2.75, 3.05) is 6.61 Å². The van der Waals surface area contributed by atoms with Crippen molar-refractivity contribution in [3.8, 4) is 0 Å². The van der Waals surface area contributed by atoms with Crippen molar-refractivity contribution in [1.29, 1.82) is 0 Å². The second kappa shape index (κ2) is 9.01.